The fraction of sp³-hybridized carbons (Fsp3) is 0.0400. The molecule has 9 heteroatoms. The first-order chi connectivity index (χ1) is 16.4. The average Bonchev–Trinajstić information content (AvgIpc) is 3.26. The minimum Gasteiger partial charge on any atom is -0.318 e. The van der Waals surface area contributed by atoms with E-state index in [0.29, 0.717) is 22.0 Å². The maximum absolute atomic E-state index is 12.2. The van der Waals surface area contributed by atoms with Crippen LogP contribution in [0.2, 0.25) is 10.0 Å². The van der Waals surface area contributed by atoms with E-state index < -0.39 is 11.8 Å². The number of hydrogen-bond acceptors (Lipinski definition) is 4. The van der Waals surface area contributed by atoms with Gasteiger partial charge >= 0.3 is 11.8 Å². The van der Waals surface area contributed by atoms with Gasteiger partial charge in [-0.25, -0.2) is 10.1 Å². The number of hydrogen-bond donors (Lipinski definition) is 2. The summed E-state index contributed by atoms with van der Waals surface area (Å²) in [5.41, 5.74) is 6.82. The summed E-state index contributed by atoms with van der Waals surface area (Å²) >= 11 is 11.8. The van der Waals surface area contributed by atoms with Gasteiger partial charge in [0.1, 0.15) is 5.69 Å². The molecule has 0 aliphatic heterocycles. The van der Waals surface area contributed by atoms with E-state index in [2.05, 4.69) is 15.8 Å². The highest BCUT2D eigenvalue weighted by atomic mass is 35.5. The summed E-state index contributed by atoms with van der Waals surface area (Å²) in [4.78, 5) is 24.4. The van der Waals surface area contributed by atoms with Gasteiger partial charge in [-0.05, 0) is 37.3 Å². The molecule has 3 aromatic carbocycles. The van der Waals surface area contributed by atoms with Gasteiger partial charge in [-0.1, -0.05) is 71.2 Å². The summed E-state index contributed by atoms with van der Waals surface area (Å²) in [7, 11) is 0. The van der Waals surface area contributed by atoms with E-state index in [1.165, 1.54) is 24.4 Å². The molecule has 0 saturated heterocycles. The average molecular weight is 492 g/mol. The molecule has 7 nitrogen and oxygen atoms in total. The van der Waals surface area contributed by atoms with E-state index >= 15 is 0 Å². The van der Waals surface area contributed by atoms with Crippen molar-refractivity contribution in [3.05, 3.63) is 100 Å². The van der Waals surface area contributed by atoms with Crippen molar-refractivity contribution in [3.63, 3.8) is 0 Å². The van der Waals surface area contributed by atoms with Crippen molar-refractivity contribution in [1.82, 2.24) is 15.2 Å². The van der Waals surface area contributed by atoms with Crippen LogP contribution in [0.15, 0.2) is 84.1 Å². The van der Waals surface area contributed by atoms with E-state index in [4.69, 9.17) is 28.3 Å². The van der Waals surface area contributed by atoms with Gasteiger partial charge in [0.05, 0.1) is 21.9 Å². The lowest BCUT2D eigenvalue weighted by atomic mass is 10.1. The van der Waals surface area contributed by atoms with Crippen molar-refractivity contribution < 1.29 is 9.59 Å². The molecule has 1 heterocycles. The number of benzene rings is 3. The standard InChI is InChI=1S/C25H19Cl2N5O2/c1-16-7-9-17(10-8-16)23-18(15-32(31-23)20-5-3-2-4-6-20)14-28-30-25(34)24(33)29-19-11-12-21(26)22(27)13-19/h2-15H,1H3,(H,29,33)(H,30,34)/b28-14+. The van der Waals surface area contributed by atoms with Crippen LogP contribution >= 0.6 is 23.2 Å². The second-order valence-electron chi connectivity index (χ2n) is 7.36. The maximum atomic E-state index is 12.2. The first-order valence-electron chi connectivity index (χ1n) is 10.2. The largest absolute Gasteiger partial charge is 0.329 e. The zero-order valence-corrected chi connectivity index (χ0v) is 19.5. The quantitative estimate of drug-likeness (QED) is 0.227. The molecule has 0 radical (unpaired) electrons. The highest BCUT2D eigenvalue weighted by Gasteiger charge is 2.15. The highest BCUT2D eigenvalue weighted by molar-refractivity contribution is 6.43. The SMILES string of the molecule is Cc1ccc(-c2nn(-c3ccccc3)cc2/C=N/NC(=O)C(=O)Nc2ccc(Cl)c(Cl)c2)cc1. The van der Waals surface area contributed by atoms with Gasteiger partial charge < -0.3 is 5.32 Å². The molecule has 4 rings (SSSR count). The van der Waals surface area contributed by atoms with Crippen molar-refractivity contribution in [2.75, 3.05) is 5.32 Å². The maximum Gasteiger partial charge on any atom is 0.329 e. The Morgan fingerprint density at radius 2 is 1.68 bits per heavy atom. The molecule has 4 aromatic rings. The van der Waals surface area contributed by atoms with Crippen LogP contribution < -0.4 is 10.7 Å². The number of carbonyl (C=O) groups is 2. The minimum atomic E-state index is -0.936. The van der Waals surface area contributed by atoms with Crippen molar-refractivity contribution in [1.29, 1.82) is 0 Å². The first-order valence-corrected chi connectivity index (χ1v) is 11.0. The Bertz CT molecular complexity index is 1370. The van der Waals surface area contributed by atoms with Crippen molar-refractivity contribution >= 4 is 46.9 Å². The van der Waals surface area contributed by atoms with E-state index in [9.17, 15) is 9.59 Å². The number of anilines is 1. The van der Waals surface area contributed by atoms with Gasteiger partial charge in [-0.15, -0.1) is 0 Å². The van der Waals surface area contributed by atoms with Crippen LogP contribution in [-0.2, 0) is 9.59 Å². The molecule has 1 aromatic heterocycles. The van der Waals surface area contributed by atoms with Crippen LogP contribution in [-0.4, -0.2) is 27.8 Å². The highest BCUT2D eigenvalue weighted by Crippen LogP contribution is 2.25. The molecule has 34 heavy (non-hydrogen) atoms. The normalized spacial score (nSPS) is 10.9. The van der Waals surface area contributed by atoms with E-state index in [1.54, 1.807) is 10.9 Å². The van der Waals surface area contributed by atoms with Gasteiger partial charge in [-0.2, -0.15) is 10.2 Å². The van der Waals surface area contributed by atoms with Crippen LogP contribution in [0.1, 0.15) is 11.1 Å². The Labute approximate surface area is 206 Å². The third-order valence-electron chi connectivity index (χ3n) is 4.84. The molecular weight excluding hydrogens is 473 g/mol. The number of hydrazone groups is 1. The van der Waals surface area contributed by atoms with Crippen LogP contribution in [0.25, 0.3) is 16.9 Å². The summed E-state index contributed by atoms with van der Waals surface area (Å²) in [5.74, 6) is -1.83. The number of para-hydroxylation sites is 1. The number of nitrogens with zero attached hydrogens (tertiary/aromatic N) is 3. The van der Waals surface area contributed by atoms with Gasteiger partial charge in [0.15, 0.2) is 0 Å². The molecule has 0 unspecified atom stereocenters. The number of halogens is 2. The summed E-state index contributed by atoms with van der Waals surface area (Å²) in [5, 5.41) is 11.7. The smallest absolute Gasteiger partial charge is 0.318 e. The predicted molar refractivity (Wildman–Crippen MR) is 135 cm³/mol. The van der Waals surface area contributed by atoms with Gasteiger partial charge in [0, 0.05) is 23.0 Å². The Hall–Kier alpha value is -3.94. The van der Waals surface area contributed by atoms with Crippen molar-refractivity contribution in [3.8, 4) is 16.9 Å². The van der Waals surface area contributed by atoms with Gasteiger partial charge in [0.2, 0.25) is 0 Å². The Morgan fingerprint density at radius 3 is 2.38 bits per heavy atom. The lowest BCUT2D eigenvalue weighted by Crippen LogP contribution is -2.32. The van der Waals surface area contributed by atoms with Crippen LogP contribution in [0.3, 0.4) is 0 Å². The molecule has 0 bridgehead atoms. The molecule has 0 atom stereocenters. The topological polar surface area (TPSA) is 88.4 Å². The van der Waals surface area contributed by atoms with E-state index in [1.807, 2.05) is 61.5 Å². The Morgan fingerprint density at radius 1 is 0.941 bits per heavy atom. The predicted octanol–water partition coefficient (Wildman–Crippen LogP) is 5.24. The van der Waals surface area contributed by atoms with Crippen molar-refractivity contribution in [2.45, 2.75) is 6.92 Å². The Kier molecular flexibility index (Phi) is 7.06. The molecule has 2 amide bonds. The monoisotopic (exact) mass is 491 g/mol. The summed E-state index contributed by atoms with van der Waals surface area (Å²) in [6, 6.07) is 22.1. The van der Waals surface area contributed by atoms with Crippen molar-refractivity contribution in [2.24, 2.45) is 5.10 Å². The zero-order chi connectivity index (χ0) is 24.1. The molecular formula is C25H19Cl2N5O2. The molecule has 170 valence electrons. The van der Waals surface area contributed by atoms with Gasteiger partial charge in [-0.3, -0.25) is 9.59 Å². The summed E-state index contributed by atoms with van der Waals surface area (Å²) in [6.07, 6.45) is 3.25. The van der Waals surface area contributed by atoms with Crippen LogP contribution in [0.5, 0.6) is 0 Å². The number of rotatable bonds is 5. The minimum absolute atomic E-state index is 0.261. The number of carbonyl (C=O) groups excluding carboxylic acids is 2. The van der Waals surface area contributed by atoms with Gasteiger partial charge in [0.25, 0.3) is 0 Å². The fourth-order valence-corrected chi connectivity index (χ4v) is 3.40. The molecule has 0 spiro atoms. The molecule has 0 aliphatic carbocycles. The number of aryl methyl sites for hydroxylation is 1. The summed E-state index contributed by atoms with van der Waals surface area (Å²) in [6.45, 7) is 2.01. The summed E-state index contributed by atoms with van der Waals surface area (Å²) < 4.78 is 1.73. The second-order valence-corrected chi connectivity index (χ2v) is 8.18. The third kappa shape index (κ3) is 5.51. The lowest BCUT2D eigenvalue weighted by molar-refractivity contribution is -0.136. The second kappa shape index (κ2) is 10.3. The molecule has 2 N–H and O–H groups in total. The Balaban J connectivity index is 1.52. The molecule has 0 aliphatic rings. The van der Waals surface area contributed by atoms with Crippen LogP contribution in [0, 0.1) is 6.92 Å². The number of nitrogens with one attached hydrogen (secondary N) is 2. The first kappa shape index (κ1) is 23.2. The third-order valence-corrected chi connectivity index (χ3v) is 5.58. The number of aromatic nitrogens is 2. The van der Waals surface area contributed by atoms with E-state index in [0.717, 1.165) is 16.8 Å². The van der Waals surface area contributed by atoms with E-state index in [-0.39, 0.29) is 5.02 Å². The fourth-order valence-electron chi connectivity index (χ4n) is 3.10. The lowest BCUT2D eigenvalue weighted by Gasteiger charge is -2.05. The zero-order valence-electron chi connectivity index (χ0n) is 18.0. The number of amides is 2. The molecule has 0 fully saturated rings. The molecule has 0 saturated carbocycles. The van der Waals surface area contributed by atoms with Crippen LogP contribution in [0.4, 0.5) is 5.69 Å².